The zero-order valence-corrected chi connectivity index (χ0v) is 15.1. The molecule has 2 fully saturated rings. The van der Waals surface area contributed by atoms with Crippen molar-refractivity contribution in [1.29, 1.82) is 0 Å². The molecule has 3 heterocycles. The minimum atomic E-state index is -0.835. The number of carbonyl (C=O) groups is 1. The molecule has 1 aliphatic heterocycles. The van der Waals surface area contributed by atoms with Crippen LogP contribution in [-0.4, -0.2) is 37.7 Å². The van der Waals surface area contributed by atoms with Gasteiger partial charge in [0, 0.05) is 30.4 Å². The molecule has 26 heavy (non-hydrogen) atoms. The predicted octanol–water partition coefficient (Wildman–Crippen LogP) is 3.78. The Morgan fingerprint density at radius 2 is 2.19 bits per heavy atom. The fraction of sp³-hybridized carbons (Fsp3) is 0.278. The Kier molecular flexibility index (Phi) is 3.27. The van der Waals surface area contributed by atoms with Crippen LogP contribution in [0.3, 0.4) is 0 Å². The summed E-state index contributed by atoms with van der Waals surface area (Å²) in [4.78, 5) is 22.6. The van der Waals surface area contributed by atoms with Crippen molar-refractivity contribution in [2.45, 2.75) is 18.4 Å². The van der Waals surface area contributed by atoms with E-state index in [1.54, 1.807) is 18.6 Å². The number of hydrogen-bond donors (Lipinski definition) is 1. The lowest BCUT2D eigenvalue weighted by Gasteiger charge is -2.27. The van der Waals surface area contributed by atoms with E-state index in [0.29, 0.717) is 34.3 Å². The molecule has 1 saturated heterocycles. The van der Waals surface area contributed by atoms with Crippen molar-refractivity contribution in [3.63, 3.8) is 0 Å². The maximum Gasteiger partial charge on any atom is 0.329 e. The normalized spacial score (nSPS) is 24.1. The van der Waals surface area contributed by atoms with E-state index >= 15 is 0 Å². The number of carboxylic acids is 1. The van der Waals surface area contributed by atoms with Gasteiger partial charge in [-0.3, -0.25) is 0 Å². The molecule has 1 aliphatic carbocycles. The summed E-state index contributed by atoms with van der Waals surface area (Å²) in [5.41, 5.74) is 0.563. The van der Waals surface area contributed by atoms with Crippen molar-refractivity contribution in [3.05, 3.63) is 47.0 Å². The second-order valence-electron chi connectivity index (χ2n) is 6.80. The zero-order valence-electron chi connectivity index (χ0n) is 13.6. The Bertz CT molecular complexity index is 1050. The average Bonchev–Trinajstić information content (AvgIpc) is 2.99. The first-order chi connectivity index (χ1) is 12.5. The minimum absolute atomic E-state index is 0.184. The van der Waals surface area contributed by atoms with Gasteiger partial charge in [0.15, 0.2) is 0 Å². The first-order valence-electron chi connectivity index (χ1n) is 8.30. The Hall–Kier alpha value is -2.31. The SMILES string of the molecule is O=C(O)C12CC1CCN2c1cc(-n2ccnc2)c2ccc(Cl)c(Cl)c2n1. The number of benzene rings is 1. The highest BCUT2D eigenvalue weighted by Gasteiger charge is 2.68. The van der Waals surface area contributed by atoms with E-state index in [9.17, 15) is 9.90 Å². The number of carboxylic acid groups (broad SMARTS) is 1. The molecule has 1 N–H and O–H groups in total. The van der Waals surface area contributed by atoms with Crippen LogP contribution in [0.25, 0.3) is 16.6 Å². The van der Waals surface area contributed by atoms with E-state index in [-0.39, 0.29) is 5.92 Å². The number of rotatable bonds is 3. The largest absolute Gasteiger partial charge is 0.479 e. The first-order valence-corrected chi connectivity index (χ1v) is 9.06. The lowest BCUT2D eigenvalue weighted by atomic mass is 10.1. The van der Waals surface area contributed by atoms with E-state index in [1.165, 1.54) is 0 Å². The number of aromatic nitrogens is 3. The minimum Gasteiger partial charge on any atom is -0.479 e. The summed E-state index contributed by atoms with van der Waals surface area (Å²) in [6, 6.07) is 5.51. The lowest BCUT2D eigenvalue weighted by Crippen LogP contribution is -2.42. The highest BCUT2D eigenvalue weighted by atomic mass is 35.5. The zero-order chi connectivity index (χ0) is 18.1. The van der Waals surface area contributed by atoms with Crippen LogP contribution in [0.5, 0.6) is 0 Å². The van der Waals surface area contributed by atoms with Crippen LogP contribution in [0, 0.1) is 5.92 Å². The number of piperidine rings is 1. The molecule has 2 aromatic heterocycles. The number of anilines is 1. The molecule has 0 spiro atoms. The van der Waals surface area contributed by atoms with Gasteiger partial charge >= 0.3 is 5.97 Å². The summed E-state index contributed by atoms with van der Waals surface area (Å²) in [6.07, 6.45) is 6.73. The summed E-state index contributed by atoms with van der Waals surface area (Å²) in [7, 11) is 0. The van der Waals surface area contributed by atoms with Gasteiger partial charge in [0.05, 0.1) is 27.6 Å². The van der Waals surface area contributed by atoms with Crippen LogP contribution in [0.15, 0.2) is 36.9 Å². The number of fused-ring (bicyclic) bond motifs is 2. The lowest BCUT2D eigenvalue weighted by molar-refractivity contribution is -0.139. The highest BCUT2D eigenvalue weighted by molar-refractivity contribution is 6.45. The topological polar surface area (TPSA) is 71.2 Å². The van der Waals surface area contributed by atoms with Gasteiger partial charge in [0.1, 0.15) is 11.4 Å². The molecule has 0 amide bonds. The molecule has 0 radical (unpaired) electrons. The third kappa shape index (κ3) is 2.03. The predicted molar refractivity (Wildman–Crippen MR) is 99.3 cm³/mol. The molecular weight excluding hydrogens is 375 g/mol. The maximum atomic E-state index is 11.9. The van der Waals surface area contributed by atoms with Crippen molar-refractivity contribution in [2.24, 2.45) is 5.92 Å². The molecule has 3 aromatic rings. The molecule has 2 aliphatic rings. The summed E-state index contributed by atoms with van der Waals surface area (Å²) in [5, 5.41) is 11.4. The Balaban J connectivity index is 1.77. The van der Waals surface area contributed by atoms with Crippen LogP contribution in [-0.2, 0) is 4.79 Å². The van der Waals surface area contributed by atoms with Crippen LogP contribution in [0.2, 0.25) is 10.0 Å². The standard InChI is InChI=1S/C18H14Cl2N4O2/c19-12-2-1-11-13(23-6-4-21-9-23)7-14(22-16(11)15(12)20)24-5-3-10-8-18(10,24)17(25)26/h1-2,4,6-7,9-10H,3,5,8H2,(H,25,26). The fourth-order valence-electron chi connectivity index (χ4n) is 4.13. The van der Waals surface area contributed by atoms with Gasteiger partial charge in [-0.2, -0.15) is 0 Å². The molecule has 132 valence electrons. The monoisotopic (exact) mass is 388 g/mol. The van der Waals surface area contributed by atoms with Crippen molar-refractivity contribution < 1.29 is 9.90 Å². The smallest absolute Gasteiger partial charge is 0.329 e. The van der Waals surface area contributed by atoms with Gasteiger partial charge in [-0.05, 0) is 30.9 Å². The number of halogens is 2. The van der Waals surface area contributed by atoms with E-state index in [0.717, 1.165) is 17.5 Å². The molecule has 1 aromatic carbocycles. The third-order valence-corrected chi connectivity index (χ3v) is 6.32. The quantitative estimate of drug-likeness (QED) is 0.738. The highest BCUT2D eigenvalue weighted by Crippen LogP contribution is 2.57. The van der Waals surface area contributed by atoms with E-state index in [1.807, 2.05) is 27.8 Å². The summed E-state index contributed by atoms with van der Waals surface area (Å²) >= 11 is 12.6. The van der Waals surface area contributed by atoms with Crippen molar-refractivity contribution >= 4 is 45.9 Å². The Morgan fingerprint density at radius 3 is 2.88 bits per heavy atom. The summed E-state index contributed by atoms with van der Waals surface area (Å²) < 4.78 is 1.87. The third-order valence-electron chi connectivity index (χ3n) is 5.52. The number of imidazole rings is 1. The van der Waals surface area contributed by atoms with Crippen LogP contribution < -0.4 is 4.90 Å². The van der Waals surface area contributed by atoms with Crippen molar-refractivity contribution in [1.82, 2.24) is 14.5 Å². The number of nitrogens with zero attached hydrogens (tertiary/aromatic N) is 4. The van der Waals surface area contributed by atoms with Crippen LogP contribution in [0.1, 0.15) is 12.8 Å². The van der Waals surface area contributed by atoms with Crippen molar-refractivity contribution in [3.8, 4) is 5.69 Å². The molecule has 5 rings (SSSR count). The maximum absolute atomic E-state index is 11.9. The van der Waals surface area contributed by atoms with E-state index in [2.05, 4.69) is 4.98 Å². The second-order valence-corrected chi connectivity index (χ2v) is 7.58. The van der Waals surface area contributed by atoms with Gasteiger partial charge in [-0.1, -0.05) is 23.2 Å². The molecule has 2 atom stereocenters. The first kappa shape index (κ1) is 15.9. The van der Waals surface area contributed by atoms with Gasteiger partial charge in [0.25, 0.3) is 0 Å². The Morgan fingerprint density at radius 1 is 1.35 bits per heavy atom. The number of aliphatic carboxylic acids is 1. The average molecular weight is 389 g/mol. The van der Waals surface area contributed by atoms with Gasteiger partial charge in [-0.15, -0.1) is 0 Å². The van der Waals surface area contributed by atoms with Gasteiger partial charge < -0.3 is 14.6 Å². The fourth-order valence-corrected chi connectivity index (χ4v) is 4.48. The summed E-state index contributed by atoms with van der Waals surface area (Å²) in [5.74, 6) is 0.0000562. The summed E-state index contributed by atoms with van der Waals surface area (Å²) in [6.45, 7) is 0.664. The van der Waals surface area contributed by atoms with Gasteiger partial charge in [-0.25, -0.2) is 14.8 Å². The number of pyridine rings is 1. The second kappa shape index (κ2) is 5.34. The van der Waals surface area contributed by atoms with Crippen molar-refractivity contribution in [2.75, 3.05) is 11.4 Å². The molecule has 1 saturated carbocycles. The van der Waals surface area contributed by atoms with E-state index in [4.69, 9.17) is 28.2 Å². The van der Waals surface area contributed by atoms with E-state index < -0.39 is 11.5 Å². The van der Waals surface area contributed by atoms with Gasteiger partial charge in [0.2, 0.25) is 0 Å². The molecule has 6 nitrogen and oxygen atoms in total. The number of hydrogen-bond acceptors (Lipinski definition) is 4. The molecule has 2 unspecified atom stereocenters. The molecular formula is C18H14Cl2N4O2. The van der Waals surface area contributed by atoms with Crippen LogP contribution in [0.4, 0.5) is 5.82 Å². The molecule has 8 heteroatoms. The van der Waals surface area contributed by atoms with Crippen LogP contribution >= 0.6 is 23.2 Å². The Labute approximate surface area is 159 Å². The molecule has 0 bridgehead atoms.